The van der Waals surface area contributed by atoms with Crippen LogP contribution < -0.4 is 48.7 Å². The van der Waals surface area contributed by atoms with Gasteiger partial charge in [0.25, 0.3) is 0 Å². The summed E-state index contributed by atoms with van der Waals surface area (Å²) < 4.78 is 0. The minimum atomic E-state index is -1.55. The fraction of sp³-hybridized carbons (Fsp3) is 0.576. The maximum absolute atomic E-state index is 13.6. The van der Waals surface area contributed by atoms with Crippen molar-refractivity contribution in [1.82, 2.24) is 37.2 Å². The molecule has 288 valence electrons. The van der Waals surface area contributed by atoms with Crippen molar-refractivity contribution in [2.75, 3.05) is 26.2 Å². The molecule has 0 bridgehead atoms. The first-order chi connectivity index (χ1) is 24.6. The number of aliphatic imine (C=N–C) groups is 1. The molecule has 0 saturated carbocycles. The molecule has 1 aliphatic heterocycles. The Morgan fingerprint density at radius 1 is 0.846 bits per heavy atom. The van der Waals surface area contributed by atoms with Gasteiger partial charge in [0.05, 0.1) is 12.6 Å². The molecule has 1 heterocycles. The maximum atomic E-state index is 13.6. The second kappa shape index (κ2) is 21.8. The third kappa shape index (κ3) is 14.9. The largest absolute Gasteiger partial charge is 0.480 e. The fourth-order valence-corrected chi connectivity index (χ4v) is 5.22. The van der Waals surface area contributed by atoms with Gasteiger partial charge < -0.3 is 58.9 Å². The van der Waals surface area contributed by atoms with Crippen molar-refractivity contribution in [2.24, 2.45) is 22.4 Å². The van der Waals surface area contributed by atoms with Gasteiger partial charge >= 0.3 is 5.97 Å². The number of carboxylic acids is 1. The van der Waals surface area contributed by atoms with Gasteiger partial charge in [-0.25, -0.2) is 0 Å². The molecule has 1 aromatic carbocycles. The quantitative estimate of drug-likeness (QED) is 0.0331. The van der Waals surface area contributed by atoms with E-state index in [0.717, 1.165) is 6.42 Å². The van der Waals surface area contributed by atoms with E-state index in [1.165, 1.54) is 6.92 Å². The molecule has 19 heteroatoms. The number of hydrogen-bond acceptors (Lipinski definition) is 10. The molecule has 2 rings (SSSR count). The van der Waals surface area contributed by atoms with Crippen molar-refractivity contribution in [3.63, 3.8) is 0 Å². The van der Waals surface area contributed by atoms with Gasteiger partial charge in [-0.1, -0.05) is 44.2 Å². The molecule has 1 aliphatic rings. The van der Waals surface area contributed by atoms with Crippen LogP contribution in [0.5, 0.6) is 0 Å². The summed E-state index contributed by atoms with van der Waals surface area (Å²) in [4.78, 5) is 93.5. The summed E-state index contributed by atoms with van der Waals surface area (Å²) in [5.74, 6) is -6.21. The normalized spacial score (nSPS) is 16.6. The van der Waals surface area contributed by atoms with Crippen molar-refractivity contribution in [3.05, 3.63) is 35.9 Å². The number of carbonyl (C=O) groups is 7. The molecule has 0 radical (unpaired) electrons. The highest BCUT2D eigenvalue weighted by atomic mass is 16.4. The van der Waals surface area contributed by atoms with Crippen LogP contribution in [0.3, 0.4) is 0 Å². The van der Waals surface area contributed by atoms with Gasteiger partial charge in [0.15, 0.2) is 5.96 Å². The number of guanidine groups is 1. The number of aliphatic hydroxyl groups excluding tert-OH is 1. The van der Waals surface area contributed by atoms with Gasteiger partial charge in [-0.2, -0.15) is 0 Å². The zero-order valence-electron chi connectivity index (χ0n) is 29.6. The number of nitrogens with two attached hydrogens (primary N) is 2. The summed E-state index contributed by atoms with van der Waals surface area (Å²) in [5.41, 5.74) is 11.4. The molecule has 0 aliphatic carbocycles. The number of amides is 6. The van der Waals surface area contributed by atoms with E-state index in [1.54, 1.807) is 44.2 Å². The highest BCUT2D eigenvalue weighted by molar-refractivity contribution is 5.97. The maximum Gasteiger partial charge on any atom is 0.322 e. The van der Waals surface area contributed by atoms with Crippen molar-refractivity contribution >= 4 is 47.4 Å². The summed E-state index contributed by atoms with van der Waals surface area (Å²) in [5, 5.41) is 36.8. The average molecular weight is 733 g/mol. The minimum absolute atomic E-state index is 0.0388. The Morgan fingerprint density at radius 2 is 1.48 bits per heavy atom. The number of rotatable bonds is 21. The molecule has 0 aromatic heterocycles. The van der Waals surface area contributed by atoms with E-state index in [2.05, 4.69) is 42.2 Å². The second-order valence-corrected chi connectivity index (χ2v) is 12.7. The monoisotopic (exact) mass is 732 g/mol. The molecule has 0 unspecified atom stereocenters. The Hall–Kier alpha value is -5.30. The molecule has 6 amide bonds. The lowest BCUT2D eigenvalue weighted by atomic mass is 10.0. The van der Waals surface area contributed by atoms with Crippen LogP contribution in [0.15, 0.2) is 35.3 Å². The highest BCUT2D eigenvalue weighted by Crippen LogP contribution is 2.09. The van der Waals surface area contributed by atoms with E-state index in [-0.39, 0.29) is 31.3 Å². The Kier molecular flexibility index (Phi) is 18.0. The molecule has 19 nitrogen and oxygen atoms in total. The van der Waals surface area contributed by atoms with E-state index < -0.39 is 90.8 Å². The van der Waals surface area contributed by atoms with E-state index in [0.29, 0.717) is 24.9 Å². The Bertz CT molecular complexity index is 1420. The predicted octanol–water partition coefficient (Wildman–Crippen LogP) is -3.67. The molecule has 1 aromatic rings. The molecule has 1 saturated heterocycles. The summed E-state index contributed by atoms with van der Waals surface area (Å²) >= 11 is 0. The summed E-state index contributed by atoms with van der Waals surface area (Å²) in [6.07, 6.45) is 1.89. The van der Waals surface area contributed by atoms with Crippen molar-refractivity contribution < 1.29 is 43.8 Å². The third-order valence-electron chi connectivity index (χ3n) is 8.10. The Morgan fingerprint density at radius 3 is 2.06 bits per heavy atom. The van der Waals surface area contributed by atoms with E-state index in [1.807, 2.05) is 0 Å². The Balaban J connectivity index is 2.17. The van der Waals surface area contributed by atoms with Gasteiger partial charge in [0.2, 0.25) is 35.4 Å². The zero-order valence-corrected chi connectivity index (χ0v) is 29.6. The minimum Gasteiger partial charge on any atom is -0.480 e. The first kappa shape index (κ1) is 42.9. The molecule has 0 spiro atoms. The predicted molar refractivity (Wildman–Crippen MR) is 189 cm³/mol. The molecule has 1 fully saturated rings. The first-order valence-electron chi connectivity index (χ1n) is 17.1. The van der Waals surface area contributed by atoms with Gasteiger partial charge in [-0.05, 0) is 50.6 Å². The van der Waals surface area contributed by atoms with Crippen LogP contribution in [-0.4, -0.2) is 120 Å². The van der Waals surface area contributed by atoms with Crippen LogP contribution in [0.1, 0.15) is 52.0 Å². The molecular weight excluding hydrogens is 680 g/mol. The van der Waals surface area contributed by atoms with Gasteiger partial charge in [0, 0.05) is 13.0 Å². The lowest BCUT2D eigenvalue weighted by Gasteiger charge is -2.27. The number of aliphatic hydroxyl groups is 1. The van der Waals surface area contributed by atoms with Crippen molar-refractivity contribution in [2.45, 2.75) is 89.1 Å². The molecule has 13 N–H and O–H groups in total. The highest BCUT2D eigenvalue weighted by Gasteiger charge is 2.33. The van der Waals surface area contributed by atoms with Gasteiger partial charge in [-0.3, -0.25) is 38.6 Å². The third-order valence-corrected chi connectivity index (χ3v) is 8.10. The number of benzene rings is 1. The molecule has 6 atom stereocenters. The van der Waals surface area contributed by atoms with Gasteiger partial charge in [0.1, 0.15) is 36.8 Å². The zero-order chi connectivity index (χ0) is 38.8. The van der Waals surface area contributed by atoms with Crippen LogP contribution in [0, 0.1) is 5.92 Å². The van der Waals surface area contributed by atoms with Crippen LogP contribution in [0.4, 0.5) is 0 Å². The van der Waals surface area contributed by atoms with E-state index >= 15 is 0 Å². The van der Waals surface area contributed by atoms with Crippen LogP contribution in [0.2, 0.25) is 0 Å². The summed E-state index contributed by atoms with van der Waals surface area (Å²) in [7, 11) is 0. The average Bonchev–Trinajstić information content (AvgIpc) is 3.65. The van der Waals surface area contributed by atoms with Crippen molar-refractivity contribution in [3.8, 4) is 0 Å². The molecular formula is C33H52N10O9. The van der Waals surface area contributed by atoms with E-state index in [4.69, 9.17) is 16.6 Å². The summed E-state index contributed by atoms with van der Waals surface area (Å²) in [6.45, 7) is 3.95. The second-order valence-electron chi connectivity index (χ2n) is 12.7. The molecule has 52 heavy (non-hydrogen) atoms. The van der Waals surface area contributed by atoms with Crippen LogP contribution in [0.25, 0.3) is 0 Å². The number of aliphatic carboxylic acids is 1. The lowest BCUT2D eigenvalue weighted by Crippen LogP contribution is -2.60. The van der Waals surface area contributed by atoms with E-state index in [9.17, 15) is 38.7 Å². The topological polar surface area (TPSA) is 309 Å². The number of nitrogens with zero attached hydrogens (tertiary/aromatic N) is 1. The first-order valence-corrected chi connectivity index (χ1v) is 17.1. The fourth-order valence-electron chi connectivity index (χ4n) is 5.22. The standard InChI is InChI=1S/C33H52N10O9/c1-18(2)26(32(52)38-16-25(45)46)43-31(51)24(17-44)42-30(50)23(15-20-9-5-4-6-10-20)41-27(47)19(3)39-29(49)22(12-8-14-37-33(34)35)40-28(48)21-11-7-13-36-21/h4-6,9-10,18-19,21-24,26,36,44H,7-8,11-17H2,1-3H3,(H,38,52)(H,39,49)(H,40,48)(H,41,47)(H,42,50)(H,43,51)(H,45,46)(H4,34,35,37)/t19-,21-,22-,23-,24-,26-/m0/s1. The number of carbonyl (C=O) groups excluding carboxylic acids is 6. The van der Waals surface area contributed by atoms with Crippen molar-refractivity contribution in [1.29, 1.82) is 0 Å². The number of nitrogens with one attached hydrogen (secondary N) is 7. The SMILES string of the molecule is CC(C)[C@H](NC(=O)[C@H](CO)NC(=O)[C@H](Cc1ccccc1)NC(=O)[C@H](C)NC(=O)[C@H](CCCN=C(N)N)NC(=O)[C@@H]1CCCN1)C(=O)NCC(=O)O. The van der Waals surface area contributed by atoms with Crippen LogP contribution >= 0.6 is 0 Å². The smallest absolute Gasteiger partial charge is 0.322 e. The summed E-state index contributed by atoms with van der Waals surface area (Å²) in [6, 6.07) is 1.95. The lowest BCUT2D eigenvalue weighted by molar-refractivity contribution is -0.139. The van der Waals surface area contributed by atoms with Crippen LogP contribution in [-0.2, 0) is 40.0 Å². The number of hydrogen-bond donors (Lipinski definition) is 11. The van der Waals surface area contributed by atoms with Gasteiger partial charge in [-0.15, -0.1) is 0 Å². The Labute approximate surface area is 301 Å². The number of carboxylic acid groups (broad SMARTS) is 1.